The van der Waals surface area contributed by atoms with E-state index >= 15 is 0 Å². The lowest BCUT2D eigenvalue weighted by Gasteiger charge is -2.26. The Hall–Kier alpha value is -3.78. The maximum atomic E-state index is 13.0. The molecular formula is C26H29N7O. The number of carbonyl (C=O) groups excluding carboxylic acids is 1. The van der Waals surface area contributed by atoms with E-state index in [1.165, 1.54) is 11.1 Å². The normalized spacial score (nSPS) is 18.2. The number of carbonyl (C=O) groups is 1. The molecule has 5 N–H and O–H groups in total. The molecule has 1 aliphatic rings. The van der Waals surface area contributed by atoms with E-state index in [0.29, 0.717) is 23.5 Å². The van der Waals surface area contributed by atoms with Crippen LogP contribution in [0.1, 0.15) is 53.3 Å². The summed E-state index contributed by atoms with van der Waals surface area (Å²) in [4.78, 5) is 29.3. The Labute approximate surface area is 198 Å². The lowest BCUT2D eigenvalue weighted by Crippen LogP contribution is -2.41. The molecule has 1 fully saturated rings. The highest BCUT2D eigenvalue weighted by Gasteiger charge is 2.23. The number of anilines is 1. The quantitative estimate of drug-likeness (QED) is 0.338. The molecule has 0 aliphatic heterocycles. The van der Waals surface area contributed by atoms with Gasteiger partial charge in [-0.2, -0.15) is 0 Å². The summed E-state index contributed by atoms with van der Waals surface area (Å²) in [5, 5.41) is 6.53. The topological polar surface area (TPSA) is 122 Å². The summed E-state index contributed by atoms with van der Waals surface area (Å²) in [6.45, 7) is 0.598. The number of aromatic amines is 1. The van der Waals surface area contributed by atoms with Crippen LogP contribution in [0.15, 0.2) is 67.0 Å². The van der Waals surface area contributed by atoms with E-state index in [4.69, 9.17) is 5.73 Å². The van der Waals surface area contributed by atoms with Crippen LogP contribution in [-0.4, -0.2) is 44.5 Å². The molecule has 8 nitrogen and oxygen atoms in total. The Bertz CT molecular complexity index is 1190. The molecule has 8 heteroatoms. The van der Waals surface area contributed by atoms with E-state index in [1.54, 1.807) is 6.33 Å². The van der Waals surface area contributed by atoms with Crippen LogP contribution in [0.5, 0.6) is 0 Å². The van der Waals surface area contributed by atoms with Gasteiger partial charge in [-0.25, -0.2) is 15.0 Å². The molecule has 4 aromatic rings. The van der Waals surface area contributed by atoms with Gasteiger partial charge in [0.1, 0.15) is 5.52 Å². The Morgan fingerprint density at radius 3 is 2.26 bits per heavy atom. The highest BCUT2D eigenvalue weighted by atomic mass is 16.2. The van der Waals surface area contributed by atoms with E-state index in [9.17, 15) is 4.79 Å². The maximum absolute atomic E-state index is 13.0. The van der Waals surface area contributed by atoms with Crippen molar-refractivity contribution in [3.8, 4) is 0 Å². The number of nitrogens with zero attached hydrogens (tertiary/aromatic N) is 3. The molecule has 2 aromatic heterocycles. The van der Waals surface area contributed by atoms with Gasteiger partial charge in [0, 0.05) is 24.5 Å². The van der Waals surface area contributed by atoms with Crippen LogP contribution in [0.2, 0.25) is 0 Å². The van der Waals surface area contributed by atoms with Crippen molar-refractivity contribution in [1.29, 1.82) is 0 Å². The minimum absolute atomic E-state index is 0.0998. The third kappa shape index (κ3) is 4.92. The van der Waals surface area contributed by atoms with Gasteiger partial charge in [0.15, 0.2) is 11.5 Å². The molecule has 0 saturated heterocycles. The third-order valence-corrected chi connectivity index (χ3v) is 6.47. The Morgan fingerprint density at radius 1 is 0.971 bits per heavy atom. The average molecular weight is 456 g/mol. The Balaban J connectivity index is 1.38. The predicted molar refractivity (Wildman–Crippen MR) is 133 cm³/mol. The Morgan fingerprint density at radius 2 is 1.62 bits per heavy atom. The molecule has 1 aliphatic carbocycles. The first-order valence-corrected chi connectivity index (χ1v) is 11.8. The molecule has 34 heavy (non-hydrogen) atoms. The number of rotatable bonds is 7. The van der Waals surface area contributed by atoms with Gasteiger partial charge in [-0.3, -0.25) is 4.79 Å². The van der Waals surface area contributed by atoms with Crippen molar-refractivity contribution in [2.24, 2.45) is 5.73 Å². The molecule has 2 heterocycles. The van der Waals surface area contributed by atoms with E-state index in [2.05, 4.69) is 54.8 Å². The van der Waals surface area contributed by atoms with E-state index in [-0.39, 0.29) is 29.7 Å². The first-order valence-electron chi connectivity index (χ1n) is 11.8. The zero-order valence-electron chi connectivity index (χ0n) is 18.9. The number of fused-ring (bicyclic) bond motifs is 1. The minimum atomic E-state index is -0.281. The molecule has 0 atom stereocenters. The fourth-order valence-corrected chi connectivity index (χ4v) is 4.57. The highest BCUT2D eigenvalue weighted by molar-refractivity contribution is 5.94. The number of aromatic nitrogens is 4. The summed E-state index contributed by atoms with van der Waals surface area (Å²) < 4.78 is 0. The average Bonchev–Trinajstić information content (AvgIpc) is 3.36. The van der Waals surface area contributed by atoms with Crippen LogP contribution >= 0.6 is 0 Å². The van der Waals surface area contributed by atoms with E-state index in [0.717, 1.165) is 25.7 Å². The number of imidazole rings is 1. The summed E-state index contributed by atoms with van der Waals surface area (Å²) >= 11 is 0. The highest BCUT2D eigenvalue weighted by Crippen LogP contribution is 2.26. The van der Waals surface area contributed by atoms with Crippen LogP contribution in [0.4, 0.5) is 5.82 Å². The zero-order chi connectivity index (χ0) is 23.3. The molecule has 174 valence electrons. The molecule has 1 amide bonds. The summed E-state index contributed by atoms with van der Waals surface area (Å²) in [5.74, 6) is 0.512. The van der Waals surface area contributed by atoms with Crippen molar-refractivity contribution in [1.82, 2.24) is 25.3 Å². The van der Waals surface area contributed by atoms with Crippen molar-refractivity contribution >= 4 is 22.9 Å². The van der Waals surface area contributed by atoms with Gasteiger partial charge < -0.3 is 21.4 Å². The predicted octanol–water partition coefficient (Wildman–Crippen LogP) is 3.60. The van der Waals surface area contributed by atoms with Crippen LogP contribution < -0.4 is 16.4 Å². The summed E-state index contributed by atoms with van der Waals surface area (Å²) in [6, 6.07) is 21.0. The molecule has 0 bridgehead atoms. The van der Waals surface area contributed by atoms with Crippen molar-refractivity contribution in [2.75, 3.05) is 11.9 Å². The zero-order valence-corrected chi connectivity index (χ0v) is 18.9. The van der Waals surface area contributed by atoms with Gasteiger partial charge in [0.2, 0.25) is 5.82 Å². The second-order valence-corrected chi connectivity index (χ2v) is 8.84. The number of amides is 1. The summed E-state index contributed by atoms with van der Waals surface area (Å²) in [7, 11) is 0. The lowest BCUT2D eigenvalue weighted by molar-refractivity contribution is 0.0915. The van der Waals surface area contributed by atoms with E-state index < -0.39 is 0 Å². The van der Waals surface area contributed by atoms with Crippen molar-refractivity contribution in [3.63, 3.8) is 0 Å². The fourth-order valence-electron chi connectivity index (χ4n) is 4.57. The molecule has 0 spiro atoms. The smallest absolute Gasteiger partial charge is 0.289 e. The number of H-pyrrole nitrogens is 1. The second-order valence-electron chi connectivity index (χ2n) is 8.84. The molecule has 1 saturated carbocycles. The molecule has 0 radical (unpaired) electrons. The van der Waals surface area contributed by atoms with Gasteiger partial charge in [-0.1, -0.05) is 60.7 Å². The number of nitrogens with one attached hydrogen (secondary N) is 3. The van der Waals surface area contributed by atoms with Gasteiger partial charge in [-0.15, -0.1) is 0 Å². The lowest BCUT2D eigenvalue weighted by atomic mass is 9.91. The third-order valence-electron chi connectivity index (χ3n) is 6.47. The minimum Gasteiger partial charge on any atom is -0.367 e. The molecule has 2 aromatic carbocycles. The molecular weight excluding hydrogens is 426 g/mol. The van der Waals surface area contributed by atoms with Gasteiger partial charge >= 0.3 is 0 Å². The van der Waals surface area contributed by atoms with Crippen LogP contribution in [0.25, 0.3) is 11.2 Å². The van der Waals surface area contributed by atoms with E-state index in [1.807, 2.05) is 36.4 Å². The summed E-state index contributed by atoms with van der Waals surface area (Å²) in [6.07, 6.45) is 5.15. The number of nitrogens with two attached hydrogens (primary N) is 1. The second kappa shape index (κ2) is 10.0. The SMILES string of the molecule is NC1CCC(NC(=O)c2nc(NCC(c3ccccc3)c3ccccc3)c3[nH]cnc3n2)CC1. The van der Waals surface area contributed by atoms with Gasteiger partial charge in [0.05, 0.1) is 6.33 Å². The number of benzene rings is 2. The van der Waals surface area contributed by atoms with Crippen LogP contribution in [-0.2, 0) is 0 Å². The first-order chi connectivity index (χ1) is 16.7. The largest absolute Gasteiger partial charge is 0.367 e. The van der Waals surface area contributed by atoms with Crippen LogP contribution in [0.3, 0.4) is 0 Å². The van der Waals surface area contributed by atoms with Crippen molar-refractivity contribution in [2.45, 2.75) is 43.7 Å². The number of hydrogen-bond donors (Lipinski definition) is 4. The Kier molecular flexibility index (Phi) is 6.49. The van der Waals surface area contributed by atoms with Crippen LogP contribution in [0, 0.1) is 0 Å². The molecule has 5 rings (SSSR count). The maximum Gasteiger partial charge on any atom is 0.289 e. The molecule has 0 unspecified atom stereocenters. The summed E-state index contributed by atoms with van der Waals surface area (Å²) in [5.41, 5.74) is 9.53. The standard InChI is InChI=1S/C26H29N7O/c27-19-11-13-20(14-12-19)31-26(34)25-32-23(22-24(33-25)30-16-29-22)28-15-21(17-7-3-1-4-8-17)18-9-5-2-6-10-18/h1-10,16,19-21H,11-15,27H2,(H,31,34)(H2,28,29,30,32,33). The monoisotopic (exact) mass is 455 g/mol. The number of hydrogen-bond acceptors (Lipinski definition) is 6. The van der Waals surface area contributed by atoms with Gasteiger partial charge in [-0.05, 0) is 36.8 Å². The fraction of sp³-hybridized carbons (Fsp3) is 0.308. The van der Waals surface area contributed by atoms with Crippen molar-refractivity contribution in [3.05, 3.63) is 83.9 Å². The first kappa shape index (κ1) is 22.0. The van der Waals surface area contributed by atoms with Gasteiger partial charge in [0.25, 0.3) is 5.91 Å². The van der Waals surface area contributed by atoms with Crippen molar-refractivity contribution < 1.29 is 4.79 Å².